The molecule has 0 unspecified atom stereocenters. The quantitative estimate of drug-likeness (QED) is 0.267. The number of aromatic amines is 1. The van der Waals surface area contributed by atoms with Crippen LogP contribution in [0.5, 0.6) is 0 Å². The second kappa shape index (κ2) is 11.0. The van der Waals surface area contributed by atoms with E-state index in [1.165, 1.54) is 4.68 Å². The van der Waals surface area contributed by atoms with Crippen LogP contribution in [0.15, 0.2) is 59.8 Å². The first kappa shape index (κ1) is 28.3. The summed E-state index contributed by atoms with van der Waals surface area (Å²) in [4.78, 5) is 21.8. The molecule has 0 spiro atoms. The number of aromatic nitrogens is 4. The van der Waals surface area contributed by atoms with E-state index in [2.05, 4.69) is 25.1 Å². The molecule has 40 heavy (non-hydrogen) atoms. The third-order valence-electron chi connectivity index (χ3n) is 8.05. The predicted octanol–water partition coefficient (Wildman–Crippen LogP) is 4.56. The topological polar surface area (TPSA) is 122 Å². The van der Waals surface area contributed by atoms with Crippen molar-refractivity contribution in [1.29, 1.82) is 0 Å². The Bertz CT molecular complexity index is 1630. The van der Waals surface area contributed by atoms with E-state index in [9.17, 15) is 13.2 Å². The Morgan fingerprint density at radius 3 is 2.55 bits per heavy atom. The first-order chi connectivity index (χ1) is 19.0. The molecule has 5 rings (SSSR count). The van der Waals surface area contributed by atoms with E-state index >= 15 is 0 Å². The lowest BCUT2D eigenvalue weighted by Gasteiger charge is -2.38. The van der Waals surface area contributed by atoms with Crippen molar-refractivity contribution in [2.45, 2.75) is 68.2 Å². The summed E-state index contributed by atoms with van der Waals surface area (Å²) in [5.41, 5.74) is 1.10. The third kappa shape index (κ3) is 5.40. The van der Waals surface area contributed by atoms with Crippen LogP contribution in [0, 0.1) is 6.92 Å². The molecular weight excluding hydrogens is 548 g/mol. The summed E-state index contributed by atoms with van der Waals surface area (Å²) in [5.74, 6) is -0.417. The van der Waals surface area contributed by atoms with Crippen LogP contribution in [0.4, 0.5) is 0 Å². The number of carbonyl (C=O) groups excluding carboxylic acids is 1. The number of pyridine rings is 1. The van der Waals surface area contributed by atoms with Gasteiger partial charge in [-0.25, -0.2) is 8.42 Å². The zero-order valence-corrected chi connectivity index (χ0v) is 24.6. The first-order valence-corrected chi connectivity index (χ1v) is 15.4. The third-order valence-corrected chi connectivity index (χ3v) is 10.3. The van der Waals surface area contributed by atoms with Crippen molar-refractivity contribution in [1.82, 2.24) is 29.8 Å². The Kier molecular flexibility index (Phi) is 7.78. The summed E-state index contributed by atoms with van der Waals surface area (Å²) in [6, 6.07) is 13.6. The number of amides is 1. The number of sulfonamides is 1. The molecule has 3 aromatic heterocycles. The number of aryl methyl sites for hydroxylation is 2. The van der Waals surface area contributed by atoms with Gasteiger partial charge in [-0.05, 0) is 50.5 Å². The minimum atomic E-state index is -4.22. The minimum Gasteiger partial charge on any atom is -0.361 e. The molecule has 1 aliphatic carbocycles. The second-order valence-corrected chi connectivity index (χ2v) is 13.0. The predicted molar refractivity (Wildman–Crippen MR) is 156 cm³/mol. The van der Waals surface area contributed by atoms with Crippen molar-refractivity contribution in [2.75, 3.05) is 6.54 Å². The van der Waals surface area contributed by atoms with E-state index in [0.29, 0.717) is 6.54 Å². The number of nitrogens with zero attached hydrogens (tertiary/aromatic N) is 3. The van der Waals surface area contributed by atoms with Gasteiger partial charge in [0.2, 0.25) is 15.9 Å². The van der Waals surface area contributed by atoms with Gasteiger partial charge in [-0.1, -0.05) is 55.1 Å². The largest absolute Gasteiger partial charge is 0.361 e. The summed E-state index contributed by atoms with van der Waals surface area (Å²) < 4.78 is 31.5. The van der Waals surface area contributed by atoms with Crippen molar-refractivity contribution < 1.29 is 13.2 Å². The number of hydrogen-bond acceptors (Lipinski definition) is 5. The van der Waals surface area contributed by atoms with Gasteiger partial charge in [0.1, 0.15) is 15.6 Å². The highest BCUT2D eigenvalue weighted by Gasteiger charge is 2.42. The van der Waals surface area contributed by atoms with Gasteiger partial charge >= 0.3 is 0 Å². The van der Waals surface area contributed by atoms with Crippen LogP contribution >= 0.6 is 11.6 Å². The van der Waals surface area contributed by atoms with E-state index < -0.39 is 21.5 Å². The number of benzene rings is 1. The van der Waals surface area contributed by atoms with Gasteiger partial charge in [-0.2, -0.15) is 9.82 Å². The van der Waals surface area contributed by atoms with E-state index in [1.807, 2.05) is 48.7 Å². The summed E-state index contributed by atoms with van der Waals surface area (Å²) in [6.07, 6.45) is 8.77. The normalized spacial score (nSPS) is 17.0. The minimum absolute atomic E-state index is 0.0174. The smallest absolute Gasteiger partial charge is 0.246 e. The van der Waals surface area contributed by atoms with Crippen LogP contribution < -0.4 is 10.0 Å². The molecule has 0 radical (unpaired) electrons. The van der Waals surface area contributed by atoms with Crippen molar-refractivity contribution in [3.63, 3.8) is 0 Å². The molecule has 3 N–H and O–H groups in total. The van der Waals surface area contributed by atoms with E-state index in [4.69, 9.17) is 11.6 Å². The summed E-state index contributed by atoms with van der Waals surface area (Å²) in [6.45, 7) is 3.56. The number of fused-ring (bicyclic) bond motifs is 1. The van der Waals surface area contributed by atoms with Gasteiger partial charge < -0.3 is 10.3 Å². The molecule has 11 heteroatoms. The van der Waals surface area contributed by atoms with Gasteiger partial charge in [0, 0.05) is 54.4 Å². The van der Waals surface area contributed by atoms with Gasteiger partial charge in [0.15, 0.2) is 0 Å². The van der Waals surface area contributed by atoms with Crippen LogP contribution in [-0.2, 0) is 33.7 Å². The van der Waals surface area contributed by atoms with Gasteiger partial charge in [-0.3, -0.25) is 14.5 Å². The molecule has 4 aromatic rings. The fourth-order valence-electron chi connectivity index (χ4n) is 5.96. The Hall–Kier alpha value is -3.21. The monoisotopic (exact) mass is 582 g/mol. The second-order valence-electron chi connectivity index (χ2n) is 11.0. The fraction of sp³-hybridized carbons (Fsp3) is 0.414. The molecule has 0 aliphatic heterocycles. The van der Waals surface area contributed by atoms with Crippen LogP contribution in [0.2, 0.25) is 5.15 Å². The molecule has 0 bridgehead atoms. The Morgan fingerprint density at radius 2 is 1.88 bits per heavy atom. The maximum Gasteiger partial charge on any atom is 0.246 e. The number of halogens is 1. The van der Waals surface area contributed by atoms with Crippen molar-refractivity contribution in [3.8, 4) is 0 Å². The summed E-state index contributed by atoms with van der Waals surface area (Å²) in [7, 11) is -2.64. The van der Waals surface area contributed by atoms with Crippen LogP contribution in [0.25, 0.3) is 10.9 Å². The number of H-pyrrole nitrogens is 1. The number of carbonyl (C=O) groups is 1. The molecule has 212 valence electrons. The first-order valence-electron chi connectivity index (χ1n) is 13.5. The average Bonchev–Trinajstić information content (AvgIpc) is 3.46. The zero-order chi connectivity index (χ0) is 28.5. The van der Waals surface area contributed by atoms with E-state index in [-0.39, 0.29) is 27.6 Å². The SMILES string of the molecule is Cc1nn(C)c(Cl)c1S(=O)(=O)N[C@@](C)(Cc1c[nH]c2ccccc12)C(=O)NCC1(c2ccccn2)CCCCC1. The maximum atomic E-state index is 14.1. The maximum absolute atomic E-state index is 14.1. The molecule has 0 saturated heterocycles. The van der Waals surface area contributed by atoms with E-state index in [1.54, 1.807) is 27.1 Å². The molecule has 1 saturated carbocycles. The molecular formula is C29H35ClN6O3S. The summed E-state index contributed by atoms with van der Waals surface area (Å²) in [5, 5.41) is 8.20. The van der Waals surface area contributed by atoms with Crippen LogP contribution in [0.3, 0.4) is 0 Å². The Morgan fingerprint density at radius 1 is 1.15 bits per heavy atom. The van der Waals surface area contributed by atoms with Gasteiger partial charge in [-0.15, -0.1) is 0 Å². The lowest BCUT2D eigenvalue weighted by Crippen LogP contribution is -2.59. The van der Waals surface area contributed by atoms with Crippen LogP contribution in [0.1, 0.15) is 56.0 Å². The van der Waals surface area contributed by atoms with Crippen LogP contribution in [-0.4, -0.2) is 46.2 Å². The lowest BCUT2D eigenvalue weighted by atomic mass is 9.71. The fourth-order valence-corrected chi connectivity index (χ4v) is 8.08. The average molecular weight is 583 g/mol. The number of para-hydroxylation sites is 1. The number of nitrogens with one attached hydrogen (secondary N) is 3. The van der Waals surface area contributed by atoms with E-state index in [0.717, 1.165) is 54.3 Å². The van der Waals surface area contributed by atoms with Gasteiger partial charge in [0.25, 0.3) is 0 Å². The molecule has 1 aromatic carbocycles. The standard InChI is InChI=1S/C29H35ClN6O3S/c1-20-25(26(30)36(3)34-20)40(38,39)35-28(2,17-21-18-32-23-12-6-5-11-22(21)23)27(37)33-19-29(14-8-4-9-15-29)24-13-7-10-16-31-24/h5-7,10-13,16,18,32,35H,4,8-9,14-15,17,19H2,1-3H3,(H,33,37)/t28-/m0/s1. The molecule has 1 amide bonds. The molecule has 1 fully saturated rings. The molecule has 9 nitrogen and oxygen atoms in total. The molecule has 3 heterocycles. The molecule has 1 atom stereocenters. The van der Waals surface area contributed by atoms with Gasteiger partial charge in [0.05, 0.1) is 5.69 Å². The highest BCUT2D eigenvalue weighted by atomic mass is 35.5. The van der Waals surface area contributed by atoms with Crippen molar-refractivity contribution in [2.24, 2.45) is 7.05 Å². The Labute approximate surface area is 239 Å². The summed E-state index contributed by atoms with van der Waals surface area (Å²) >= 11 is 6.35. The lowest BCUT2D eigenvalue weighted by molar-refractivity contribution is -0.126. The number of rotatable bonds is 9. The zero-order valence-electron chi connectivity index (χ0n) is 23.0. The number of hydrogen-bond donors (Lipinski definition) is 3. The molecule has 1 aliphatic rings. The highest BCUT2D eigenvalue weighted by molar-refractivity contribution is 7.89. The van der Waals surface area contributed by atoms with Crippen molar-refractivity contribution >= 4 is 38.4 Å². The van der Waals surface area contributed by atoms with Crippen molar-refractivity contribution in [3.05, 3.63) is 77.0 Å². The Balaban J connectivity index is 1.49. The highest BCUT2D eigenvalue weighted by Crippen LogP contribution is 2.38.